The summed E-state index contributed by atoms with van der Waals surface area (Å²) in [5, 5.41) is 15.3. The van der Waals surface area contributed by atoms with Crippen LogP contribution in [0.4, 0.5) is 0 Å². The fourth-order valence-electron chi connectivity index (χ4n) is 6.34. The molecule has 3 aromatic rings. The summed E-state index contributed by atoms with van der Waals surface area (Å²) in [7, 11) is 0. The van der Waals surface area contributed by atoms with E-state index < -0.39 is 5.54 Å². The van der Waals surface area contributed by atoms with Crippen LogP contribution < -0.4 is 0 Å². The summed E-state index contributed by atoms with van der Waals surface area (Å²) in [6, 6.07) is 4.34. The van der Waals surface area contributed by atoms with Gasteiger partial charge < -0.3 is 4.98 Å². The van der Waals surface area contributed by atoms with Crippen molar-refractivity contribution < 1.29 is 9.59 Å². The van der Waals surface area contributed by atoms with Gasteiger partial charge in [-0.1, -0.05) is 6.92 Å². The predicted octanol–water partition coefficient (Wildman–Crippen LogP) is 2.46. The maximum Gasteiger partial charge on any atom is 0.163 e. The molecule has 3 aliphatic rings. The molecule has 4 heterocycles. The lowest BCUT2D eigenvalue weighted by Crippen LogP contribution is -2.45. The third-order valence-electron chi connectivity index (χ3n) is 8.04. The van der Waals surface area contributed by atoms with Gasteiger partial charge in [-0.05, 0) is 30.7 Å². The lowest BCUT2D eigenvalue weighted by atomic mass is 9.91. The van der Waals surface area contributed by atoms with Crippen molar-refractivity contribution in [2.75, 3.05) is 13.1 Å². The third-order valence-corrected chi connectivity index (χ3v) is 8.04. The maximum atomic E-state index is 12.5. The first kappa shape index (κ1) is 20.2. The fraction of sp³-hybridized carbons (Fsp3) is 0.500. The molecule has 3 fully saturated rings. The number of aromatic nitrogens is 5. The molecule has 0 radical (unpaired) electrons. The molecule has 1 N–H and O–H groups in total. The maximum absolute atomic E-state index is 12.5. The first-order valence-electron chi connectivity index (χ1n) is 11.5. The summed E-state index contributed by atoms with van der Waals surface area (Å²) in [4.78, 5) is 38.8. The van der Waals surface area contributed by atoms with Gasteiger partial charge in [0.2, 0.25) is 0 Å². The molecule has 0 bridgehead atoms. The van der Waals surface area contributed by atoms with Crippen molar-refractivity contribution in [2.24, 2.45) is 11.8 Å². The van der Waals surface area contributed by atoms with E-state index >= 15 is 0 Å². The molecule has 9 nitrogen and oxygen atoms in total. The van der Waals surface area contributed by atoms with Gasteiger partial charge in [0.05, 0.1) is 29.9 Å². The van der Waals surface area contributed by atoms with Crippen molar-refractivity contribution >= 4 is 22.6 Å². The second kappa shape index (κ2) is 7.06. The Labute approximate surface area is 190 Å². The van der Waals surface area contributed by atoms with Gasteiger partial charge in [-0.25, -0.2) is 9.97 Å². The lowest BCUT2D eigenvalue weighted by molar-refractivity contribution is -0.129. The van der Waals surface area contributed by atoms with E-state index in [0.717, 1.165) is 48.2 Å². The van der Waals surface area contributed by atoms with Crippen LogP contribution in [0.5, 0.6) is 0 Å². The van der Waals surface area contributed by atoms with E-state index in [-0.39, 0.29) is 17.1 Å². The fourth-order valence-corrected chi connectivity index (χ4v) is 6.34. The molecule has 4 atom stereocenters. The van der Waals surface area contributed by atoms with E-state index in [0.29, 0.717) is 31.1 Å². The number of ketones is 2. The first-order chi connectivity index (χ1) is 16.0. The van der Waals surface area contributed by atoms with Crippen LogP contribution in [-0.2, 0) is 15.1 Å². The highest BCUT2D eigenvalue weighted by molar-refractivity contribution is 6.24. The Kier molecular flexibility index (Phi) is 4.33. The van der Waals surface area contributed by atoms with Crippen LogP contribution in [0, 0.1) is 23.2 Å². The Morgan fingerprint density at radius 3 is 2.73 bits per heavy atom. The Balaban J connectivity index is 1.27. The number of nitrogens with one attached hydrogen (secondary N) is 1. The molecule has 0 aromatic carbocycles. The van der Waals surface area contributed by atoms with E-state index in [4.69, 9.17) is 5.10 Å². The number of hydrogen-bond donors (Lipinski definition) is 1. The molecular weight excluding hydrogens is 418 g/mol. The van der Waals surface area contributed by atoms with Gasteiger partial charge in [0.1, 0.15) is 17.5 Å². The smallest absolute Gasteiger partial charge is 0.163 e. The molecule has 9 heteroatoms. The second-order valence-corrected chi connectivity index (χ2v) is 9.77. The number of Topliss-reactive ketones (excluding diaryl/α,β-unsaturated/α-hetero) is 2. The van der Waals surface area contributed by atoms with E-state index in [9.17, 15) is 14.9 Å². The van der Waals surface area contributed by atoms with E-state index in [1.54, 1.807) is 0 Å². The Morgan fingerprint density at radius 2 is 2.06 bits per heavy atom. The molecule has 168 valence electrons. The zero-order valence-corrected chi connectivity index (χ0v) is 18.5. The second-order valence-electron chi connectivity index (χ2n) is 9.77. The van der Waals surface area contributed by atoms with Crippen LogP contribution in [0.3, 0.4) is 0 Å². The van der Waals surface area contributed by atoms with Gasteiger partial charge in [-0.2, -0.15) is 10.4 Å². The number of rotatable bonds is 6. The number of likely N-dealkylation sites (tertiary alicyclic amines) is 1. The summed E-state index contributed by atoms with van der Waals surface area (Å²) in [5.74, 6) is 0.802. The highest BCUT2D eigenvalue weighted by Crippen LogP contribution is 2.53. The lowest BCUT2D eigenvalue weighted by Gasteiger charge is -2.31. The number of fused-ring (bicyclic) bond motifs is 2. The number of hydrogen-bond acceptors (Lipinski definition) is 7. The largest absolute Gasteiger partial charge is 0.346 e. The first-order valence-corrected chi connectivity index (χ1v) is 11.5. The average molecular weight is 444 g/mol. The number of nitriles is 1. The SMILES string of the molecule is CCC(=O)C1(N2C[C@@H]3CC(CC#N)(n4cc(-c5ncnc6[nH]ccc56)cn4)C[C@@H]3C2)CC1=O. The molecule has 0 spiro atoms. The normalized spacial score (nSPS) is 31.1. The van der Waals surface area contributed by atoms with E-state index in [2.05, 4.69) is 25.9 Å². The van der Waals surface area contributed by atoms with Gasteiger partial charge in [0.25, 0.3) is 0 Å². The molecule has 6 rings (SSSR count). The summed E-state index contributed by atoms with van der Waals surface area (Å²) in [5.41, 5.74) is 1.25. The Hall–Kier alpha value is -3.38. The summed E-state index contributed by atoms with van der Waals surface area (Å²) < 4.78 is 1.96. The van der Waals surface area contributed by atoms with Gasteiger partial charge in [0, 0.05) is 49.3 Å². The molecule has 2 unspecified atom stereocenters. The monoisotopic (exact) mass is 443 g/mol. The quantitative estimate of drug-likeness (QED) is 0.581. The topological polar surface area (TPSA) is 121 Å². The zero-order valence-electron chi connectivity index (χ0n) is 18.5. The van der Waals surface area contributed by atoms with Crippen molar-refractivity contribution in [3.8, 4) is 17.3 Å². The molecule has 33 heavy (non-hydrogen) atoms. The number of carbonyl (C=O) groups is 2. The van der Waals surface area contributed by atoms with Crippen LogP contribution in [0.25, 0.3) is 22.3 Å². The van der Waals surface area contributed by atoms with Gasteiger partial charge in [-0.15, -0.1) is 0 Å². The third kappa shape index (κ3) is 2.83. The standard InChI is InChI=1S/C24H25N7O2/c1-2-19(32)24(9-20(24)33)30-11-15-7-23(4-5-25,8-16(15)12-30)31-13-17(10-29-31)21-18-3-6-26-22(18)28-14-27-21/h3,6,10,13-16H,2,4,7-9,11-12H2,1H3,(H,26,27,28)/t15-,16+,23?,24?. The molecule has 0 amide bonds. The van der Waals surface area contributed by atoms with Crippen LogP contribution >= 0.6 is 0 Å². The minimum atomic E-state index is -0.856. The minimum Gasteiger partial charge on any atom is -0.346 e. The summed E-state index contributed by atoms with van der Waals surface area (Å²) >= 11 is 0. The molecule has 1 saturated heterocycles. The van der Waals surface area contributed by atoms with Crippen molar-refractivity contribution in [3.63, 3.8) is 0 Å². The van der Waals surface area contributed by atoms with Crippen molar-refractivity contribution in [3.05, 3.63) is 31.0 Å². The molecule has 1 aliphatic heterocycles. The minimum absolute atomic E-state index is 0.0494. The van der Waals surface area contributed by atoms with Gasteiger partial charge in [-0.3, -0.25) is 19.2 Å². The number of carbonyl (C=O) groups excluding carboxylic acids is 2. The van der Waals surface area contributed by atoms with E-state index in [1.807, 2.05) is 36.3 Å². The van der Waals surface area contributed by atoms with Gasteiger partial charge in [0.15, 0.2) is 11.6 Å². The number of H-pyrrole nitrogens is 1. The Morgan fingerprint density at radius 1 is 1.30 bits per heavy atom. The van der Waals surface area contributed by atoms with Crippen molar-refractivity contribution in [2.45, 2.75) is 50.1 Å². The van der Waals surface area contributed by atoms with Crippen molar-refractivity contribution in [1.82, 2.24) is 29.6 Å². The van der Waals surface area contributed by atoms with Crippen LogP contribution in [-0.4, -0.2) is 59.8 Å². The highest BCUT2D eigenvalue weighted by Gasteiger charge is 2.66. The van der Waals surface area contributed by atoms with Crippen LogP contribution in [0.2, 0.25) is 0 Å². The summed E-state index contributed by atoms with van der Waals surface area (Å²) in [6.07, 6.45) is 9.95. The number of aromatic amines is 1. The van der Waals surface area contributed by atoms with Crippen LogP contribution in [0.15, 0.2) is 31.0 Å². The van der Waals surface area contributed by atoms with Crippen LogP contribution in [0.1, 0.15) is 39.0 Å². The van der Waals surface area contributed by atoms with Crippen molar-refractivity contribution in [1.29, 1.82) is 5.26 Å². The predicted molar refractivity (Wildman–Crippen MR) is 119 cm³/mol. The number of nitrogens with zero attached hydrogens (tertiary/aromatic N) is 6. The Bertz CT molecular complexity index is 1300. The highest BCUT2D eigenvalue weighted by atomic mass is 16.2. The van der Waals surface area contributed by atoms with E-state index in [1.165, 1.54) is 6.33 Å². The molecule has 2 aliphatic carbocycles. The van der Waals surface area contributed by atoms with Gasteiger partial charge >= 0.3 is 0 Å². The average Bonchev–Trinajstić information content (AvgIpc) is 3.35. The summed E-state index contributed by atoms with van der Waals surface area (Å²) in [6.45, 7) is 3.30. The molecule has 3 aromatic heterocycles. The molecule has 2 saturated carbocycles. The molecular formula is C24H25N7O2. The zero-order chi connectivity index (χ0) is 22.8.